The van der Waals surface area contributed by atoms with E-state index in [1.54, 1.807) is 12.5 Å². The molecule has 116 valence electrons. The summed E-state index contributed by atoms with van der Waals surface area (Å²) >= 11 is 3.97. The maximum absolute atomic E-state index is 5.43. The summed E-state index contributed by atoms with van der Waals surface area (Å²) in [5.41, 5.74) is 0. The molecule has 2 aromatic rings. The highest BCUT2D eigenvalue weighted by atomic mass is 32.2. The Morgan fingerprint density at radius 1 is 0.905 bits per heavy atom. The zero-order valence-corrected chi connectivity index (χ0v) is 14.3. The Kier molecular flexibility index (Phi) is 7.97. The molecule has 0 saturated carbocycles. The second-order valence-electron chi connectivity index (χ2n) is 5.06. The summed E-state index contributed by atoms with van der Waals surface area (Å²) < 4.78 is 11.5. The molecule has 2 aromatic heterocycles. The first-order chi connectivity index (χ1) is 10.4. The van der Waals surface area contributed by atoms with Crippen molar-refractivity contribution in [1.82, 2.24) is 0 Å². The highest BCUT2D eigenvalue weighted by Crippen LogP contribution is 2.33. The van der Waals surface area contributed by atoms with Crippen molar-refractivity contribution in [3.8, 4) is 0 Å². The molecule has 0 aromatic carbocycles. The van der Waals surface area contributed by atoms with Gasteiger partial charge in [0.25, 0.3) is 0 Å². The van der Waals surface area contributed by atoms with Crippen LogP contribution < -0.4 is 0 Å². The average Bonchev–Trinajstić information content (AvgIpc) is 3.18. The number of rotatable bonds is 11. The first-order valence-electron chi connectivity index (χ1n) is 7.66. The molecule has 0 aliphatic carbocycles. The lowest BCUT2D eigenvalue weighted by Gasteiger charge is -2.15. The summed E-state index contributed by atoms with van der Waals surface area (Å²) in [5, 5.41) is 0. The second kappa shape index (κ2) is 10.1. The maximum atomic E-state index is 5.43. The van der Waals surface area contributed by atoms with E-state index in [1.807, 2.05) is 35.7 Å². The zero-order valence-electron chi connectivity index (χ0n) is 12.6. The third kappa shape index (κ3) is 6.70. The maximum Gasteiger partial charge on any atom is 0.113 e. The van der Waals surface area contributed by atoms with Crippen LogP contribution in [0.3, 0.4) is 0 Å². The van der Waals surface area contributed by atoms with Crippen molar-refractivity contribution in [2.45, 2.75) is 55.1 Å². The molecule has 2 heterocycles. The van der Waals surface area contributed by atoms with Gasteiger partial charge in [0.05, 0.1) is 28.6 Å². The Balaban J connectivity index is 1.74. The lowest BCUT2D eigenvalue weighted by Crippen LogP contribution is -1.99. The Labute approximate surface area is 136 Å². The highest BCUT2D eigenvalue weighted by molar-refractivity contribution is 8.16. The van der Waals surface area contributed by atoms with Crippen molar-refractivity contribution in [1.29, 1.82) is 0 Å². The molecule has 0 radical (unpaired) electrons. The Hall–Kier alpha value is -0.740. The summed E-state index contributed by atoms with van der Waals surface area (Å²) in [6, 6.07) is 8.03. The summed E-state index contributed by atoms with van der Waals surface area (Å²) in [4.78, 5) is 0. The van der Waals surface area contributed by atoms with Gasteiger partial charge in [-0.05, 0) is 30.7 Å². The Morgan fingerprint density at radius 2 is 1.52 bits per heavy atom. The largest absolute Gasteiger partial charge is 0.468 e. The van der Waals surface area contributed by atoms with E-state index in [2.05, 4.69) is 19.1 Å². The average molecular weight is 325 g/mol. The molecule has 0 saturated heterocycles. The fourth-order valence-corrected chi connectivity index (χ4v) is 4.58. The third-order valence-corrected chi connectivity index (χ3v) is 6.21. The van der Waals surface area contributed by atoms with E-state index in [0.717, 1.165) is 23.0 Å². The zero-order chi connectivity index (χ0) is 14.8. The smallest absolute Gasteiger partial charge is 0.113 e. The van der Waals surface area contributed by atoms with Crippen molar-refractivity contribution in [2.75, 3.05) is 0 Å². The minimum Gasteiger partial charge on any atom is -0.468 e. The van der Waals surface area contributed by atoms with Gasteiger partial charge < -0.3 is 8.83 Å². The van der Waals surface area contributed by atoms with Gasteiger partial charge in [0.1, 0.15) is 11.5 Å². The van der Waals surface area contributed by atoms with Gasteiger partial charge >= 0.3 is 0 Å². The van der Waals surface area contributed by atoms with E-state index >= 15 is 0 Å². The summed E-state index contributed by atoms with van der Waals surface area (Å²) in [6.45, 7) is 2.26. The topological polar surface area (TPSA) is 26.3 Å². The molecule has 0 aliphatic heterocycles. The molecule has 2 nitrogen and oxygen atoms in total. The predicted octanol–water partition coefficient (Wildman–Crippen LogP) is 6.34. The van der Waals surface area contributed by atoms with Crippen LogP contribution in [0.5, 0.6) is 0 Å². The highest BCUT2D eigenvalue weighted by Gasteiger charge is 2.12. The molecule has 0 unspecified atom stereocenters. The molecular weight excluding hydrogens is 300 g/mol. The fourth-order valence-electron chi connectivity index (χ4n) is 2.09. The second-order valence-corrected chi connectivity index (χ2v) is 7.74. The number of hydrogen-bond donors (Lipinski definition) is 0. The van der Waals surface area contributed by atoms with E-state index in [9.17, 15) is 0 Å². The van der Waals surface area contributed by atoms with E-state index in [-0.39, 0.29) is 0 Å². The molecule has 0 bridgehead atoms. The molecule has 2 rings (SSSR count). The van der Waals surface area contributed by atoms with Gasteiger partial charge in [0.15, 0.2) is 0 Å². The molecular formula is C17H24O2S2. The summed E-state index contributed by atoms with van der Waals surface area (Å²) in [7, 11) is 0. The number of furan rings is 2. The van der Waals surface area contributed by atoms with Crippen LogP contribution in [0.4, 0.5) is 0 Å². The number of unbranched alkanes of at least 4 members (excludes halogenated alkanes) is 3. The van der Waals surface area contributed by atoms with Gasteiger partial charge in [0, 0.05) is 0 Å². The van der Waals surface area contributed by atoms with Gasteiger partial charge in [0.2, 0.25) is 0 Å². The molecule has 0 atom stereocenters. The lowest BCUT2D eigenvalue weighted by molar-refractivity contribution is 0.530. The molecule has 0 spiro atoms. The minimum atomic E-state index is 0.608. The molecule has 0 amide bonds. The predicted molar refractivity (Wildman–Crippen MR) is 92.6 cm³/mol. The first-order valence-corrected chi connectivity index (χ1v) is 9.76. The molecule has 0 aliphatic rings. The molecule has 0 N–H and O–H groups in total. The van der Waals surface area contributed by atoms with E-state index in [0.29, 0.717) is 4.58 Å². The van der Waals surface area contributed by atoms with Gasteiger partial charge in [-0.1, -0.05) is 32.6 Å². The van der Waals surface area contributed by atoms with Crippen molar-refractivity contribution in [3.63, 3.8) is 0 Å². The summed E-state index contributed by atoms with van der Waals surface area (Å²) in [5.74, 6) is 4.04. The standard InChI is InChI=1S/C17H24O2S2/c1-2-3-4-5-10-17(20-13-15-8-6-11-18-15)21-14-16-9-7-12-19-16/h6-9,11-12,17H,2-5,10,13-14H2,1H3. The van der Waals surface area contributed by atoms with Crippen molar-refractivity contribution in [2.24, 2.45) is 0 Å². The van der Waals surface area contributed by atoms with Crippen LogP contribution in [0, 0.1) is 0 Å². The molecule has 4 heteroatoms. The van der Waals surface area contributed by atoms with Crippen LogP contribution in [-0.4, -0.2) is 4.58 Å². The molecule has 21 heavy (non-hydrogen) atoms. The summed E-state index contributed by atoms with van der Waals surface area (Å²) in [6.07, 6.45) is 10.1. The van der Waals surface area contributed by atoms with E-state index < -0.39 is 0 Å². The van der Waals surface area contributed by atoms with E-state index in [1.165, 1.54) is 32.1 Å². The quantitative estimate of drug-likeness (QED) is 0.356. The van der Waals surface area contributed by atoms with Crippen LogP contribution in [-0.2, 0) is 11.5 Å². The van der Waals surface area contributed by atoms with Gasteiger partial charge in [-0.25, -0.2) is 0 Å². The monoisotopic (exact) mass is 324 g/mol. The minimum absolute atomic E-state index is 0.608. The fraction of sp³-hybridized carbons (Fsp3) is 0.529. The van der Waals surface area contributed by atoms with Gasteiger partial charge in [-0.3, -0.25) is 0 Å². The first kappa shape index (κ1) is 16.6. The lowest BCUT2D eigenvalue weighted by atomic mass is 10.2. The Morgan fingerprint density at radius 3 is 2.00 bits per heavy atom. The van der Waals surface area contributed by atoms with Crippen LogP contribution in [0.1, 0.15) is 50.5 Å². The Bertz CT molecular complexity index is 413. The van der Waals surface area contributed by atoms with Gasteiger partial charge in [-0.15, -0.1) is 23.5 Å². The SMILES string of the molecule is CCCCCCC(SCc1ccco1)SCc1ccco1. The van der Waals surface area contributed by atoms with Crippen LogP contribution in [0.15, 0.2) is 45.6 Å². The van der Waals surface area contributed by atoms with Crippen molar-refractivity contribution >= 4 is 23.5 Å². The van der Waals surface area contributed by atoms with Gasteiger partial charge in [-0.2, -0.15) is 0 Å². The van der Waals surface area contributed by atoms with Crippen LogP contribution >= 0.6 is 23.5 Å². The van der Waals surface area contributed by atoms with Crippen LogP contribution in [0.25, 0.3) is 0 Å². The normalized spacial score (nSPS) is 11.3. The van der Waals surface area contributed by atoms with E-state index in [4.69, 9.17) is 8.83 Å². The molecule has 0 fully saturated rings. The van der Waals surface area contributed by atoms with Crippen molar-refractivity contribution in [3.05, 3.63) is 48.3 Å². The number of thioether (sulfide) groups is 2. The number of hydrogen-bond acceptors (Lipinski definition) is 4. The van der Waals surface area contributed by atoms with Crippen LogP contribution in [0.2, 0.25) is 0 Å². The third-order valence-electron chi connectivity index (χ3n) is 3.28. The van der Waals surface area contributed by atoms with Crippen molar-refractivity contribution < 1.29 is 8.83 Å².